The Morgan fingerprint density at radius 1 is 1.10 bits per heavy atom. The van der Waals surface area contributed by atoms with Gasteiger partial charge < -0.3 is 9.84 Å². The van der Waals surface area contributed by atoms with Gasteiger partial charge in [0.05, 0.1) is 5.57 Å². The van der Waals surface area contributed by atoms with E-state index >= 15 is 0 Å². The van der Waals surface area contributed by atoms with E-state index < -0.39 is 11.7 Å². The summed E-state index contributed by atoms with van der Waals surface area (Å²) in [6.45, 7) is 1.93. The topological polar surface area (TPSA) is 66.4 Å². The molecule has 108 valence electrons. The summed E-state index contributed by atoms with van der Waals surface area (Å²) < 4.78 is 4.53. The number of hydrogen-bond donors (Lipinski definition) is 0. The van der Waals surface area contributed by atoms with Crippen LogP contribution in [-0.2, 0) is 14.3 Å². The summed E-state index contributed by atoms with van der Waals surface area (Å²) in [4.78, 5) is 22.8. The second-order valence-corrected chi connectivity index (χ2v) is 5.02. The monoisotopic (exact) mass is 290 g/mol. The zero-order chi connectivity index (χ0) is 14.1. The number of Topliss-reactive ketones (excluding diaryl/α,β-unsaturated/α-hetero) is 1. The first-order chi connectivity index (χ1) is 9.16. The van der Waals surface area contributed by atoms with Crippen LogP contribution in [0.1, 0.15) is 64.7 Å². The van der Waals surface area contributed by atoms with Gasteiger partial charge in [-0.3, -0.25) is 4.79 Å². The molecule has 1 heterocycles. The van der Waals surface area contributed by atoms with Gasteiger partial charge in [0, 0.05) is 6.42 Å². The van der Waals surface area contributed by atoms with E-state index in [4.69, 9.17) is 0 Å². The Bertz CT molecular complexity index is 350. The fourth-order valence-corrected chi connectivity index (χ4v) is 2.20. The Morgan fingerprint density at radius 2 is 1.65 bits per heavy atom. The first-order valence-corrected chi connectivity index (χ1v) is 7.27. The molecular weight excluding hydrogens is 267 g/mol. The molecule has 0 radical (unpaired) electrons. The van der Waals surface area contributed by atoms with Crippen molar-refractivity contribution in [2.24, 2.45) is 0 Å². The van der Waals surface area contributed by atoms with Crippen molar-refractivity contribution in [3.8, 4) is 0 Å². The van der Waals surface area contributed by atoms with Crippen LogP contribution in [0, 0.1) is 0 Å². The number of rotatable bonds is 10. The number of unbranched alkanes of at least 4 members (excludes halogenated alkanes) is 7. The van der Waals surface area contributed by atoms with Crippen LogP contribution in [0.5, 0.6) is 0 Å². The average Bonchev–Trinajstić information content (AvgIpc) is 2.72. The third kappa shape index (κ3) is 6.91. The van der Waals surface area contributed by atoms with Crippen LogP contribution in [0.15, 0.2) is 11.3 Å². The van der Waals surface area contributed by atoms with Crippen LogP contribution >= 0.6 is 0 Å². The van der Waals surface area contributed by atoms with Crippen LogP contribution in [0.4, 0.5) is 0 Å². The molecule has 0 aromatic heterocycles. The van der Waals surface area contributed by atoms with Crippen molar-refractivity contribution < 1.29 is 49.0 Å². The molecule has 0 atom stereocenters. The number of carbonyl (C=O) groups excluding carboxylic acids is 2. The fourth-order valence-electron chi connectivity index (χ4n) is 2.20. The Morgan fingerprint density at radius 3 is 2.15 bits per heavy atom. The summed E-state index contributed by atoms with van der Waals surface area (Å²) in [5.74, 6) is -1.55. The summed E-state index contributed by atoms with van der Waals surface area (Å²) in [5.41, 5.74) is -0.247. The maximum absolute atomic E-state index is 11.7. The van der Waals surface area contributed by atoms with E-state index in [2.05, 4.69) is 11.7 Å². The van der Waals surface area contributed by atoms with Crippen LogP contribution < -0.4 is 34.7 Å². The molecule has 0 saturated carbocycles. The SMILES string of the molecule is CCCCCCCCCCC(=O)C1=C([O-])COC1=O.[Na+]. The summed E-state index contributed by atoms with van der Waals surface area (Å²) in [6.07, 6.45) is 9.41. The molecular formula is C15H23NaO4. The van der Waals surface area contributed by atoms with Crippen LogP contribution in [0.25, 0.3) is 0 Å². The van der Waals surface area contributed by atoms with E-state index in [0.717, 1.165) is 19.3 Å². The summed E-state index contributed by atoms with van der Waals surface area (Å²) >= 11 is 0. The van der Waals surface area contributed by atoms with Crippen molar-refractivity contribution in [2.45, 2.75) is 64.7 Å². The molecule has 1 aliphatic rings. The summed E-state index contributed by atoms with van der Waals surface area (Å²) in [6, 6.07) is 0. The van der Waals surface area contributed by atoms with Crippen molar-refractivity contribution in [1.29, 1.82) is 0 Å². The van der Waals surface area contributed by atoms with E-state index in [0.29, 0.717) is 0 Å². The maximum atomic E-state index is 11.7. The van der Waals surface area contributed by atoms with Crippen LogP contribution in [-0.4, -0.2) is 18.4 Å². The standard InChI is InChI=1S/C15H24O4.Na/c1-2-3-4-5-6-7-8-9-10-12(16)14-13(17)11-19-15(14)18;/h17H,2-11H2,1H3;/q;+1/p-1. The van der Waals surface area contributed by atoms with Gasteiger partial charge in [0.2, 0.25) is 0 Å². The third-order valence-electron chi connectivity index (χ3n) is 3.35. The molecule has 20 heavy (non-hydrogen) atoms. The molecule has 5 heteroatoms. The van der Waals surface area contributed by atoms with Gasteiger partial charge in [-0.2, -0.15) is 0 Å². The van der Waals surface area contributed by atoms with Gasteiger partial charge in [-0.1, -0.05) is 57.6 Å². The van der Waals surface area contributed by atoms with E-state index in [1.54, 1.807) is 0 Å². The minimum Gasteiger partial charge on any atom is -0.873 e. The Hall–Kier alpha value is -0.320. The number of carbonyl (C=O) groups is 2. The fraction of sp³-hybridized carbons (Fsp3) is 0.733. The zero-order valence-corrected chi connectivity index (χ0v) is 14.7. The minimum atomic E-state index is -0.741. The minimum absolute atomic E-state index is 0. The van der Waals surface area contributed by atoms with Crippen molar-refractivity contribution in [1.82, 2.24) is 0 Å². The van der Waals surface area contributed by atoms with Crippen LogP contribution in [0.2, 0.25) is 0 Å². The molecule has 0 bridgehead atoms. The van der Waals surface area contributed by atoms with Gasteiger partial charge in [0.25, 0.3) is 0 Å². The number of esters is 1. The van der Waals surface area contributed by atoms with E-state index in [1.807, 2.05) is 0 Å². The molecule has 0 amide bonds. The molecule has 0 N–H and O–H groups in total. The average molecular weight is 290 g/mol. The molecule has 1 rings (SSSR count). The second kappa shape index (κ2) is 11.4. The van der Waals surface area contributed by atoms with Gasteiger partial charge >= 0.3 is 35.5 Å². The third-order valence-corrected chi connectivity index (χ3v) is 3.35. The van der Waals surface area contributed by atoms with E-state index in [-0.39, 0.29) is 53.9 Å². The van der Waals surface area contributed by atoms with Gasteiger partial charge in [-0.25, -0.2) is 4.79 Å². The van der Waals surface area contributed by atoms with Crippen molar-refractivity contribution in [2.75, 3.05) is 6.61 Å². The van der Waals surface area contributed by atoms with E-state index in [9.17, 15) is 14.7 Å². The molecule has 0 aromatic carbocycles. The molecule has 1 aliphatic heterocycles. The molecule has 0 aliphatic carbocycles. The van der Waals surface area contributed by atoms with Crippen LogP contribution in [0.3, 0.4) is 0 Å². The Balaban J connectivity index is 0.00000361. The van der Waals surface area contributed by atoms with Crippen molar-refractivity contribution >= 4 is 11.8 Å². The van der Waals surface area contributed by atoms with Gasteiger partial charge in [-0.05, 0) is 6.42 Å². The first-order valence-electron chi connectivity index (χ1n) is 7.27. The van der Waals surface area contributed by atoms with E-state index in [1.165, 1.54) is 32.1 Å². The molecule has 0 saturated heterocycles. The zero-order valence-electron chi connectivity index (χ0n) is 12.7. The van der Waals surface area contributed by atoms with Gasteiger partial charge in [0.1, 0.15) is 6.61 Å². The van der Waals surface area contributed by atoms with Crippen molar-refractivity contribution in [3.63, 3.8) is 0 Å². The molecule has 0 aromatic rings. The predicted molar refractivity (Wildman–Crippen MR) is 70.2 cm³/mol. The molecule has 0 fully saturated rings. The van der Waals surface area contributed by atoms with Gasteiger partial charge in [0.15, 0.2) is 5.78 Å². The normalized spacial score (nSPS) is 14.2. The largest absolute Gasteiger partial charge is 1.00 e. The number of hydrogen-bond acceptors (Lipinski definition) is 4. The molecule has 4 nitrogen and oxygen atoms in total. The molecule has 0 spiro atoms. The molecule has 0 unspecified atom stereocenters. The smallest absolute Gasteiger partial charge is 0.873 e. The van der Waals surface area contributed by atoms with Crippen molar-refractivity contribution in [3.05, 3.63) is 11.3 Å². The number of ketones is 1. The first kappa shape index (κ1) is 19.7. The Labute approximate surface area is 143 Å². The quantitative estimate of drug-likeness (QED) is 0.230. The number of ether oxygens (including phenoxy) is 1. The Kier molecular flexibility index (Phi) is 11.2. The second-order valence-electron chi connectivity index (χ2n) is 5.02. The number of cyclic esters (lactones) is 1. The summed E-state index contributed by atoms with van der Waals surface area (Å²) in [7, 11) is 0. The maximum Gasteiger partial charge on any atom is 1.00 e. The summed E-state index contributed by atoms with van der Waals surface area (Å²) in [5, 5.41) is 11.3. The van der Waals surface area contributed by atoms with Gasteiger partial charge in [-0.15, -0.1) is 0 Å². The predicted octanol–water partition coefficient (Wildman–Crippen LogP) is -0.738.